The van der Waals surface area contributed by atoms with Crippen LogP contribution >= 0.6 is 34.2 Å². The largest absolute Gasteiger partial charge is 0.573 e. The Kier molecular flexibility index (Phi) is 4.36. The second-order valence-electron chi connectivity index (χ2n) is 2.62. The van der Waals surface area contributed by atoms with Gasteiger partial charge >= 0.3 is 6.36 Å². The summed E-state index contributed by atoms with van der Waals surface area (Å²) < 4.78 is 39.7. The van der Waals surface area contributed by atoms with Crippen LogP contribution in [0.5, 0.6) is 5.75 Å². The Morgan fingerprint density at radius 1 is 1.56 bits per heavy atom. The zero-order valence-electron chi connectivity index (χ0n) is 7.52. The van der Waals surface area contributed by atoms with Gasteiger partial charge < -0.3 is 4.74 Å². The molecular weight excluding hydrogens is 361 g/mol. The molecule has 0 spiro atoms. The fourth-order valence-electron chi connectivity index (χ4n) is 0.946. The Hall–Kier alpha value is -0.570. The number of hydrogen-bond acceptors (Lipinski definition) is 3. The first-order valence-corrected chi connectivity index (χ1v) is 5.45. The Bertz CT molecular complexity index is 411. The SMILES string of the molecule is O=Cc1cc(CCl)nc(I)c1OC(F)(F)F. The predicted octanol–water partition coefficient (Wildman–Crippen LogP) is 3.14. The van der Waals surface area contributed by atoms with Gasteiger partial charge in [-0.05, 0) is 28.7 Å². The summed E-state index contributed by atoms with van der Waals surface area (Å²) >= 11 is 7.01. The lowest BCUT2D eigenvalue weighted by Crippen LogP contribution is -2.19. The molecule has 16 heavy (non-hydrogen) atoms. The number of pyridine rings is 1. The van der Waals surface area contributed by atoms with E-state index in [9.17, 15) is 18.0 Å². The van der Waals surface area contributed by atoms with E-state index in [1.54, 1.807) is 22.6 Å². The Labute approximate surface area is 107 Å². The number of halogens is 5. The average Bonchev–Trinajstić information content (AvgIpc) is 2.19. The van der Waals surface area contributed by atoms with Gasteiger partial charge in [0.15, 0.2) is 12.0 Å². The van der Waals surface area contributed by atoms with Crippen LogP contribution in [0, 0.1) is 3.70 Å². The van der Waals surface area contributed by atoms with Crippen LogP contribution in [-0.2, 0) is 5.88 Å². The van der Waals surface area contributed by atoms with Gasteiger partial charge in [0.25, 0.3) is 0 Å². The fraction of sp³-hybridized carbons (Fsp3) is 0.250. The number of nitrogens with zero attached hydrogens (tertiary/aromatic N) is 1. The summed E-state index contributed by atoms with van der Waals surface area (Å²) in [5.74, 6) is -0.597. The van der Waals surface area contributed by atoms with Gasteiger partial charge in [0.05, 0.1) is 17.1 Å². The standard InChI is InChI=1S/C8H4ClF3INO2/c9-2-5-1-4(3-15)6(7(13)14-5)16-8(10,11)12/h1,3H,2H2. The van der Waals surface area contributed by atoms with Crippen LogP contribution in [-0.4, -0.2) is 17.6 Å². The molecule has 0 aromatic carbocycles. The minimum atomic E-state index is -4.86. The van der Waals surface area contributed by atoms with Crippen molar-refractivity contribution in [1.29, 1.82) is 0 Å². The molecule has 1 rings (SSSR count). The van der Waals surface area contributed by atoms with Crippen LogP contribution in [0.15, 0.2) is 6.07 Å². The highest BCUT2D eigenvalue weighted by Gasteiger charge is 2.33. The van der Waals surface area contributed by atoms with Gasteiger partial charge in [-0.3, -0.25) is 4.79 Å². The minimum Gasteiger partial charge on any atom is -0.402 e. The van der Waals surface area contributed by atoms with Crippen LogP contribution in [0.25, 0.3) is 0 Å². The van der Waals surface area contributed by atoms with Gasteiger partial charge in [-0.1, -0.05) is 0 Å². The molecule has 0 unspecified atom stereocenters. The zero-order chi connectivity index (χ0) is 12.3. The monoisotopic (exact) mass is 365 g/mol. The number of aldehydes is 1. The molecule has 0 amide bonds. The lowest BCUT2D eigenvalue weighted by molar-refractivity contribution is -0.275. The van der Waals surface area contributed by atoms with Crippen LogP contribution in [0.1, 0.15) is 16.1 Å². The Morgan fingerprint density at radius 2 is 2.19 bits per heavy atom. The van der Waals surface area contributed by atoms with Crippen molar-refractivity contribution in [1.82, 2.24) is 4.98 Å². The lowest BCUT2D eigenvalue weighted by Gasteiger charge is -2.12. The van der Waals surface area contributed by atoms with Crippen LogP contribution in [0.4, 0.5) is 13.2 Å². The summed E-state index contributed by atoms with van der Waals surface area (Å²) in [6.07, 6.45) is -4.59. The molecule has 0 saturated heterocycles. The van der Waals surface area contributed by atoms with Crippen molar-refractivity contribution in [3.05, 3.63) is 21.0 Å². The molecule has 8 heteroatoms. The summed E-state index contributed by atoms with van der Waals surface area (Å²) in [4.78, 5) is 14.4. The maximum Gasteiger partial charge on any atom is 0.573 e. The van der Waals surface area contributed by atoms with E-state index in [1.807, 2.05) is 0 Å². The van der Waals surface area contributed by atoms with E-state index in [0.29, 0.717) is 5.69 Å². The van der Waals surface area contributed by atoms with E-state index in [1.165, 1.54) is 0 Å². The first kappa shape index (κ1) is 13.5. The van der Waals surface area contributed by atoms with E-state index >= 15 is 0 Å². The van der Waals surface area contributed by atoms with Crippen molar-refractivity contribution in [2.75, 3.05) is 0 Å². The molecule has 0 radical (unpaired) electrons. The molecule has 3 nitrogen and oxygen atoms in total. The number of ether oxygens (including phenoxy) is 1. The summed E-state index contributed by atoms with van der Waals surface area (Å²) in [7, 11) is 0. The maximum atomic E-state index is 12.0. The van der Waals surface area contributed by atoms with Gasteiger partial charge in [-0.2, -0.15) is 0 Å². The van der Waals surface area contributed by atoms with Crippen molar-refractivity contribution in [3.8, 4) is 5.75 Å². The third kappa shape index (κ3) is 3.48. The molecule has 0 bridgehead atoms. The molecule has 0 fully saturated rings. The van der Waals surface area contributed by atoms with E-state index in [-0.39, 0.29) is 21.4 Å². The third-order valence-electron chi connectivity index (χ3n) is 1.50. The first-order valence-electron chi connectivity index (χ1n) is 3.83. The van der Waals surface area contributed by atoms with Crippen molar-refractivity contribution in [3.63, 3.8) is 0 Å². The lowest BCUT2D eigenvalue weighted by atomic mass is 10.2. The average molecular weight is 365 g/mol. The normalized spacial score (nSPS) is 11.3. The third-order valence-corrected chi connectivity index (χ3v) is 2.50. The number of carbonyl (C=O) groups is 1. The van der Waals surface area contributed by atoms with Crippen molar-refractivity contribution < 1.29 is 22.7 Å². The van der Waals surface area contributed by atoms with Crippen molar-refractivity contribution in [2.24, 2.45) is 0 Å². The Morgan fingerprint density at radius 3 is 2.62 bits per heavy atom. The quantitative estimate of drug-likeness (QED) is 0.358. The molecule has 0 aliphatic carbocycles. The van der Waals surface area contributed by atoms with E-state index in [2.05, 4.69) is 9.72 Å². The van der Waals surface area contributed by atoms with Crippen molar-refractivity contribution >= 4 is 40.5 Å². The number of carbonyl (C=O) groups excluding carboxylic acids is 1. The zero-order valence-corrected chi connectivity index (χ0v) is 10.4. The van der Waals surface area contributed by atoms with Crippen molar-refractivity contribution in [2.45, 2.75) is 12.2 Å². The highest BCUT2D eigenvalue weighted by molar-refractivity contribution is 14.1. The molecule has 0 aliphatic rings. The van der Waals surface area contributed by atoms with Crippen LogP contribution in [0.3, 0.4) is 0 Å². The summed E-state index contributed by atoms with van der Waals surface area (Å²) in [5, 5.41) is 0. The van der Waals surface area contributed by atoms with Gasteiger partial charge in [0, 0.05) is 0 Å². The second kappa shape index (κ2) is 5.17. The summed E-state index contributed by atoms with van der Waals surface area (Å²) in [6, 6.07) is 1.16. The summed E-state index contributed by atoms with van der Waals surface area (Å²) in [6.45, 7) is 0. The second-order valence-corrected chi connectivity index (χ2v) is 3.91. The van der Waals surface area contributed by atoms with Crippen LogP contribution < -0.4 is 4.74 Å². The minimum absolute atomic E-state index is 0.00311. The molecule has 0 atom stereocenters. The molecule has 1 heterocycles. The number of hydrogen-bond donors (Lipinski definition) is 0. The fourth-order valence-corrected chi connectivity index (χ4v) is 1.81. The van der Waals surface area contributed by atoms with Gasteiger partial charge in [0.1, 0.15) is 3.70 Å². The van der Waals surface area contributed by atoms with Gasteiger partial charge in [-0.25, -0.2) is 4.98 Å². The van der Waals surface area contributed by atoms with Gasteiger partial charge in [0.2, 0.25) is 0 Å². The Balaban J connectivity index is 3.22. The number of rotatable bonds is 3. The maximum absolute atomic E-state index is 12.0. The summed E-state index contributed by atoms with van der Waals surface area (Å²) in [5.41, 5.74) is 0.0788. The molecule has 88 valence electrons. The molecule has 0 aliphatic heterocycles. The highest BCUT2D eigenvalue weighted by atomic mass is 127. The smallest absolute Gasteiger partial charge is 0.402 e. The molecule has 0 N–H and O–H groups in total. The predicted molar refractivity (Wildman–Crippen MR) is 58.6 cm³/mol. The topological polar surface area (TPSA) is 39.2 Å². The highest BCUT2D eigenvalue weighted by Crippen LogP contribution is 2.30. The van der Waals surface area contributed by atoms with E-state index in [4.69, 9.17) is 11.6 Å². The van der Waals surface area contributed by atoms with Gasteiger partial charge in [-0.15, -0.1) is 24.8 Å². The number of aromatic nitrogens is 1. The molecular formula is C8H4ClF3INO2. The number of alkyl halides is 4. The first-order chi connectivity index (χ1) is 7.37. The van der Waals surface area contributed by atoms with E-state index < -0.39 is 12.1 Å². The molecule has 1 aromatic rings. The van der Waals surface area contributed by atoms with E-state index in [0.717, 1.165) is 6.07 Å². The molecule has 1 aromatic heterocycles. The van der Waals surface area contributed by atoms with Crippen LogP contribution in [0.2, 0.25) is 0 Å². The molecule has 0 saturated carbocycles.